The van der Waals surface area contributed by atoms with Crippen molar-refractivity contribution in [2.75, 3.05) is 17.2 Å². The summed E-state index contributed by atoms with van der Waals surface area (Å²) in [5.74, 6) is 0.445. The number of amides is 1. The Morgan fingerprint density at radius 3 is 2.56 bits per heavy atom. The van der Waals surface area contributed by atoms with Gasteiger partial charge in [0.15, 0.2) is 6.61 Å². The summed E-state index contributed by atoms with van der Waals surface area (Å²) < 4.78 is 6.46. The van der Waals surface area contributed by atoms with Gasteiger partial charge in [0.1, 0.15) is 5.75 Å². The van der Waals surface area contributed by atoms with Gasteiger partial charge in [-0.05, 0) is 64.0 Å². The van der Waals surface area contributed by atoms with Crippen molar-refractivity contribution in [1.82, 2.24) is 0 Å². The van der Waals surface area contributed by atoms with Crippen molar-refractivity contribution in [3.05, 3.63) is 87.9 Å². The van der Waals surface area contributed by atoms with E-state index in [9.17, 15) is 4.79 Å². The molecule has 27 heavy (non-hydrogen) atoms. The number of hydrogen-bond donors (Lipinski definition) is 2. The Bertz CT molecular complexity index is 919. The molecule has 4 nitrogen and oxygen atoms in total. The molecule has 0 atom stereocenters. The number of anilines is 2. The van der Waals surface area contributed by atoms with E-state index in [1.807, 2.05) is 72.8 Å². The number of carbonyl (C=O) groups is 1. The van der Waals surface area contributed by atoms with Crippen LogP contribution in [0.5, 0.6) is 5.75 Å². The molecule has 0 radical (unpaired) electrons. The number of ether oxygens (including phenoxy) is 1. The fourth-order valence-electron chi connectivity index (χ4n) is 2.42. The SMILES string of the molecule is O=C(COc1cccc(CNc2ccc(Br)c(Cl)c2)c1)Nc1ccccc1. The quantitative estimate of drug-likeness (QED) is 0.488. The van der Waals surface area contributed by atoms with Crippen molar-refractivity contribution in [2.24, 2.45) is 0 Å². The van der Waals surface area contributed by atoms with Gasteiger partial charge in [0.05, 0.1) is 5.02 Å². The van der Waals surface area contributed by atoms with Gasteiger partial charge >= 0.3 is 0 Å². The second-order valence-electron chi connectivity index (χ2n) is 5.83. The highest BCUT2D eigenvalue weighted by Gasteiger charge is 2.05. The van der Waals surface area contributed by atoms with Gasteiger partial charge in [-0.15, -0.1) is 0 Å². The van der Waals surface area contributed by atoms with Crippen LogP contribution in [0.4, 0.5) is 11.4 Å². The zero-order chi connectivity index (χ0) is 19.1. The molecule has 138 valence electrons. The van der Waals surface area contributed by atoms with Gasteiger partial charge in [0.2, 0.25) is 0 Å². The molecule has 6 heteroatoms. The molecule has 0 heterocycles. The van der Waals surface area contributed by atoms with Gasteiger partial charge in [0.25, 0.3) is 5.91 Å². The fraction of sp³-hybridized carbons (Fsp3) is 0.0952. The fourth-order valence-corrected chi connectivity index (χ4v) is 2.85. The summed E-state index contributed by atoms with van der Waals surface area (Å²) in [6.45, 7) is 0.569. The van der Waals surface area contributed by atoms with Crippen LogP contribution >= 0.6 is 27.5 Å². The van der Waals surface area contributed by atoms with Crippen molar-refractivity contribution in [3.63, 3.8) is 0 Å². The molecule has 0 spiro atoms. The van der Waals surface area contributed by atoms with Gasteiger partial charge in [-0.2, -0.15) is 0 Å². The van der Waals surface area contributed by atoms with Crippen LogP contribution in [0.2, 0.25) is 5.02 Å². The molecule has 0 aliphatic heterocycles. The maximum absolute atomic E-state index is 12.0. The lowest BCUT2D eigenvalue weighted by Crippen LogP contribution is -2.20. The first kappa shape index (κ1) is 19.3. The van der Waals surface area contributed by atoms with E-state index >= 15 is 0 Å². The Morgan fingerprint density at radius 1 is 0.963 bits per heavy atom. The molecule has 0 aliphatic carbocycles. The smallest absolute Gasteiger partial charge is 0.262 e. The van der Waals surface area contributed by atoms with Gasteiger partial charge in [-0.1, -0.05) is 41.9 Å². The topological polar surface area (TPSA) is 50.4 Å². The molecule has 0 aromatic heterocycles. The minimum Gasteiger partial charge on any atom is -0.484 e. The van der Waals surface area contributed by atoms with E-state index < -0.39 is 0 Å². The summed E-state index contributed by atoms with van der Waals surface area (Å²) in [6.07, 6.45) is 0. The highest BCUT2D eigenvalue weighted by Crippen LogP contribution is 2.26. The lowest BCUT2D eigenvalue weighted by molar-refractivity contribution is -0.118. The third-order valence-corrected chi connectivity index (χ3v) is 4.97. The van der Waals surface area contributed by atoms with Crippen molar-refractivity contribution >= 4 is 44.8 Å². The van der Waals surface area contributed by atoms with Crippen LogP contribution in [-0.2, 0) is 11.3 Å². The zero-order valence-corrected chi connectivity index (χ0v) is 16.8. The first-order valence-electron chi connectivity index (χ1n) is 8.36. The third kappa shape index (κ3) is 6.01. The van der Waals surface area contributed by atoms with E-state index in [0.29, 0.717) is 17.3 Å². The third-order valence-electron chi connectivity index (χ3n) is 3.74. The van der Waals surface area contributed by atoms with Gasteiger partial charge in [-0.3, -0.25) is 4.79 Å². The molecule has 3 aromatic carbocycles. The molecule has 2 N–H and O–H groups in total. The van der Waals surface area contributed by atoms with E-state index in [4.69, 9.17) is 16.3 Å². The number of para-hydroxylation sites is 1. The Morgan fingerprint density at radius 2 is 1.78 bits per heavy atom. The van der Waals surface area contributed by atoms with E-state index in [1.54, 1.807) is 0 Å². The molecular weight excluding hydrogens is 428 g/mol. The standard InChI is InChI=1S/C21H18BrClN2O2/c22-19-10-9-17(12-20(19)23)24-13-15-5-4-8-18(11-15)27-14-21(26)25-16-6-2-1-3-7-16/h1-12,24H,13-14H2,(H,25,26). The first-order valence-corrected chi connectivity index (χ1v) is 9.53. The second kappa shape index (κ2) is 9.44. The lowest BCUT2D eigenvalue weighted by atomic mass is 10.2. The van der Waals surface area contributed by atoms with Crippen LogP contribution in [0.1, 0.15) is 5.56 Å². The van der Waals surface area contributed by atoms with Crippen LogP contribution < -0.4 is 15.4 Å². The Kier molecular flexibility index (Phi) is 6.74. The second-order valence-corrected chi connectivity index (χ2v) is 7.09. The average molecular weight is 446 g/mol. The normalized spacial score (nSPS) is 10.3. The number of nitrogens with one attached hydrogen (secondary N) is 2. The number of carbonyl (C=O) groups excluding carboxylic acids is 1. The highest BCUT2D eigenvalue weighted by molar-refractivity contribution is 9.10. The minimum atomic E-state index is -0.200. The monoisotopic (exact) mass is 444 g/mol. The van der Waals surface area contributed by atoms with Crippen molar-refractivity contribution in [1.29, 1.82) is 0 Å². The number of rotatable bonds is 7. The Hall–Kier alpha value is -2.50. The molecule has 0 saturated carbocycles. The summed E-state index contributed by atoms with van der Waals surface area (Å²) in [7, 11) is 0. The number of hydrogen-bond acceptors (Lipinski definition) is 3. The molecule has 0 saturated heterocycles. The molecule has 0 unspecified atom stereocenters. The minimum absolute atomic E-state index is 0.0475. The molecule has 0 fully saturated rings. The van der Waals surface area contributed by atoms with Crippen LogP contribution in [0.25, 0.3) is 0 Å². The summed E-state index contributed by atoms with van der Waals surface area (Å²) in [5, 5.41) is 6.76. The molecule has 1 amide bonds. The van der Waals surface area contributed by atoms with Crippen LogP contribution in [0.3, 0.4) is 0 Å². The van der Waals surface area contributed by atoms with Crippen LogP contribution in [0.15, 0.2) is 77.3 Å². The highest BCUT2D eigenvalue weighted by atomic mass is 79.9. The zero-order valence-electron chi connectivity index (χ0n) is 14.4. The first-order chi connectivity index (χ1) is 13.1. The Labute approximate surface area is 171 Å². The summed E-state index contributed by atoms with van der Waals surface area (Å²) >= 11 is 9.48. The van der Waals surface area contributed by atoms with Gasteiger partial charge < -0.3 is 15.4 Å². The van der Waals surface area contributed by atoms with E-state index in [2.05, 4.69) is 26.6 Å². The van der Waals surface area contributed by atoms with Crippen molar-refractivity contribution in [2.45, 2.75) is 6.54 Å². The molecule has 0 aliphatic rings. The average Bonchev–Trinajstić information content (AvgIpc) is 2.68. The summed E-state index contributed by atoms with van der Waals surface area (Å²) in [5.41, 5.74) is 2.71. The maximum atomic E-state index is 12.0. The summed E-state index contributed by atoms with van der Waals surface area (Å²) in [6, 6.07) is 22.6. The van der Waals surface area contributed by atoms with E-state index in [-0.39, 0.29) is 12.5 Å². The predicted molar refractivity (Wildman–Crippen MR) is 113 cm³/mol. The summed E-state index contributed by atoms with van der Waals surface area (Å²) in [4.78, 5) is 12.0. The molecule has 3 rings (SSSR count). The molecule has 3 aromatic rings. The van der Waals surface area contributed by atoms with Gasteiger partial charge in [0, 0.05) is 22.4 Å². The largest absolute Gasteiger partial charge is 0.484 e. The Balaban J connectivity index is 1.52. The predicted octanol–water partition coefficient (Wildman–Crippen LogP) is 5.73. The van der Waals surface area contributed by atoms with Crippen LogP contribution in [0, 0.1) is 0 Å². The van der Waals surface area contributed by atoms with E-state index in [0.717, 1.165) is 21.4 Å². The van der Waals surface area contributed by atoms with Crippen molar-refractivity contribution in [3.8, 4) is 5.75 Å². The van der Waals surface area contributed by atoms with Crippen LogP contribution in [-0.4, -0.2) is 12.5 Å². The maximum Gasteiger partial charge on any atom is 0.262 e. The van der Waals surface area contributed by atoms with E-state index in [1.165, 1.54) is 0 Å². The molecular formula is C21H18BrClN2O2. The lowest BCUT2D eigenvalue weighted by Gasteiger charge is -2.10. The number of halogens is 2. The van der Waals surface area contributed by atoms with Gasteiger partial charge in [-0.25, -0.2) is 0 Å². The van der Waals surface area contributed by atoms with Crippen molar-refractivity contribution < 1.29 is 9.53 Å². The number of benzene rings is 3. The molecule has 0 bridgehead atoms.